The zero-order valence-electron chi connectivity index (χ0n) is 9.50. The van der Waals surface area contributed by atoms with E-state index >= 15 is 0 Å². The van der Waals surface area contributed by atoms with Gasteiger partial charge in [0.1, 0.15) is 0 Å². The van der Waals surface area contributed by atoms with Gasteiger partial charge in [-0.1, -0.05) is 18.2 Å². The molecule has 1 rings (SSSR count). The Morgan fingerprint density at radius 3 is 2.41 bits per heavy atom. The van der Waals surface area contributed by atoms with Crippen LogP contribution in [0.3, 0.4) is 0 Å². The van der Waals surface area contributed by atoms with E-state index in [0.717, 1.165) is 5.69 Å². The van der Waals surface area contributed by atoms with E-state index in [9.17, 15) is 9.59 Å². The van der Waals surface area contributed by atoms with Gasteiger partial charge in [0.15, 0.2) is 0 Å². The van der Waals surface area contributed by atoms with Crippen molar-refractivity contribution in [2.75, 3.05) is 18.0 Å². The fourth-order valence-electron chi connectivity index (χ4n) is 1.50. The van der Waals surface area contributed by atoms with Crippen LogP contribution in [0, 0.1) is 0 Å². The molecule has 0 unspecified atom stereocenters. The van der Waals surface area contributed by atoms with E-state index in [0.29, 0.717) is 13.0 Å². The average Bonchev–Trinajstić information content (AvgIpc) is 2.34. The third kappa shape index (κ3) is 4.24. The minimum Gasteiger partial charge on any atom is -0.481 e. The molecule has 0 saturated carbocycles. The maximum Gasteiger partial charge on any atom is 0.303 e. The summed E-state index contributed by atoms with van der Waals surface area (Å²) in [5.74, 6) is -1.07. The van der Waals surface area contributed by atoms with Crippen LogP contribution < -0.4 is 10.6 Å². The Morgan fingerprint density at radius 1 is 1.24 bits per heavy atom. The van der Waals surface area contributed by atoms with Crippen molar-refractivity contribution in [3.8, 4) is 0 Å². The van der Waals surface area contributed by atoms with Crippen molar-refractivity contribution in [1.29, 1.82) is 0 Å². The maximum atomic E-state index is 11.6. The Labute approximate surface area is 99.8 Å². The second-order valence-electron chi connectivity index (χ2n) is 3.58. The van der Waals surface area contributed by atoms with Crippen LogP contribution in [0.2, 0.25) is 0 Å². The van der Waals surface area contributed by atoms with E-state index in [1.807, 2.05) is 18.2 Å². The first-order valence-corrected chi connectivity index (χ1v) is 5.42. The minimum atomic E-state index is -0.863. The number of carbonyl (C=O) groups is 2. The van der Waals surface area contributed by atoms with Crippen LogP contribution in [0.5, 0.6) is 0 Å². The van der Waals surface area contributed by atoms with Gasteiger partial charge in [0, 0.05) is 18.7 Å². The molecule has 0 saturated heterocycles. The smallest absolute Gasteiger partial charge is 0.303 e. The van der Waals surface area contributed by atoms with E-state index in [1.54, 1.807) is 12.1 Å². The van der Waals surface area contributed by atoms with E-state index in [2.05, 4.69) is 0 Å². The molecule has 0 aliphatic heterocycles. The summed E-state index contributed by atoms with van der Waals surface area (Å²) in [6.45, 7) is 0.286. The molecule has 5 nitrogen and oxygen atoms in total. The second kappa shape index (κ2) is 6.65. The van der Waals surface area contributed by atoms with Gasteiger partial charge in [0.2, 0.25) is 5.91 Å². The Kier molecular flexibility index (Phi) is 5.16. The van der Waals surface area contributed by atoms with E-state index < -0.39 is 5.97 Å². The van der Waals surface area contributed by atoms with Crippen molar-refractivity contribution in [3.05, 3.63) is 30.3 Å². The lowest BCUT2D eigenvalue weighted by Crippen LogP contribution is -2.36. The molecule has 3 N–H and O–H groups in total. The summed E-state index contributed by atoms with van der Waals surface area (Å²) in [6, 6.07) is 9.10. The first-order chi connectivity index (χ1) is 8.15. The van der Waals surface area contributed by atoms with Crippen molar-refractivity contribution in [2.45, 2.75) is 12.8 Å². The number of carbonyl (C=O) groups excluding carboxylic acids is 1. The van der Waals surface area contributed by atoms with Crippen LogP contribution in [-0.4, -0.2) is 30.1 Å². The first-order valence-electron chi connectivity index (χ1n) is 5.42. The lowest BCUT2D eigenvalue weighted by molar-refractivity contribution is -0.137. The van der Waals surface area contributed by atoms with Crippen molar-refractivity contribution in [3.63, 3.8) is 0 Å². The van der Waals surface area contributed by atoms with Crippen LogP contribution in [0.1, 0.15) is 12.8 Å². The highest BCUT2D eigenvalue weighted by Gasteiger charge is 2.13. The van der Waals surface area contributed by atoms with Gasteiger partial charge >= 0.3 is 5.97 Å². The summed E-state index contributed by atoms with van der Waals surface area (Å²) >= 11 is 0. The summed E-state index contributed by atoms with van der Waals surface area (Å²) in [6.07, 6.45) is 0.456. The normalized spacial score (nSPS) is 9.94. The zero-order valence-corrected chi connectivity index (χ0v) is 9.50. The minimum absolute atomic E-state index is 0.0428. The van der Waals surface area contributed by atoms with Crippen LogP contribution in [0.15, 0.2) is 30.3 Å². The van der Waals surface area contributed by atoms with Crippen LogP contribution >= 0.6 is 0 Å². The molecule has 17 heavy (non-hydrogen) atoms. The Bertz CT molecular complexity index is 379. The number of benzene rings is 1. The van der Waals surface area contributed by atoms with Gasteiger partial charge in [-0.15, -0.1) is 0 Å². The molecule has 0 aromatic heterocycles. The van der Waals surface area contributed by atoms with Crippen molar-refractivity contribution in [2.24, 2.45) is 5.73 Å². The standard InChI is InChI=1S/C12H16N2O3/c13-9-11(15)14(8-4-7-12(16)17)10-5-2-1-3-6-10/h1-3,5-6H,4,7-9,13H2,(H,16,17). The maximum absolute atomic E-state index is 11.6. The predicted octanol–water partition coefficient (Wildman–Crippen LogP) is 0.843. The molecule has 0 radical (unpaired) electrons. The van der Waals surface area contributed by atoms with Crippen molar-refractivity contribution in [1.82, 2.24) is 0 Å². The number of hydrogen-bond donors (Lipinski definition) is 2. The quantitative estimate of drug-likeness (QED) is 0.766. The number of amides is 1. The SMILES string of the molecule is NCC(=O)N(CCCC(=O)O)c1ccccc1. The number of rotatable bonds is 6. The molecule has 1 amide bonds. The van der Waals surface area contributed by atoms with Crippen LogP contribution in [0.25, 0.3) is 0 Å². The number of carboxylic acids is 1. The first kappa shape index (κ1) is 13.2. The Hall–Kier alpha value is -1.88. The molecule has 0 heterocycles. The van der Waals surface area contributed by atoms with E-state index in [4.69, 9.17) is 10.8 Å². The lowest BCUT2D eigenvalue weighted by atomic mass is 10.2. The highest BCUT2D eigenvalue weighted by atomic mass is 16.4. The van der Waals surface area contributed by atoms with Gasteiger partial charge in [-0.25, -0.2) is 0 Å². The number of nitrogens with zero attached hydrogens (tertiary/aromatic N) is 1. The van der Waals surface area contributed by atoms with Gasteiger partial charge in [0.05, 0.1) is 6.54 Å². The fraction of sp³-hybridized carbons (Fsp3) is 0.333. The second-order valence-corrected chi connectivity index (χ2v) is 3.58. The molecule has 0 fully saturated rings. The molecule has 0 aliphatic carbocycles. The largest absolute Gasteiger partial charge is 0.481 e. The lowest BCUT2D eigenvalue weighted by Gasteiger charge is -2.21. The molecule has 0 atom stereocenters. The van der Waals surface area contributed by atoms with Crippen LogP contribution in [0.4, 0.5) is 5.69 Å². The highest BCUT2D eigenvalue weighted by molar-refractivity contribution is 5.94. The molecule has 0 spiro atoms. The average molecular weight is 236 g/mol. The number of aliphatic carboxylic acids is 1. The Balaban J connectivity index is 2.68. The number of hydrogen-bond acceptors (Lipinski definition) is 3. The Morgan fingerprint density at radius 2 is 1.88 bits per heavy atom. The predicted molar refractivity (Wildman–Crippen MR) is 64.7 cm³/mol. The topological polar surface area (TPSA) is 83.6 Å². The number of nitrogens with two attached hydrogens (primary N) is 1. The number of para-hydroxylation sites is 1. The highest BCUT2D eigenvalue weighted by Crippen LogP contribution is 2.14. The molecular formula is C12H16N2O3. The molecular weight excluding hydrogens is 220 g/mol. The third-order valence-electron chi connectivity index (χ3n) is 2.32. The third-order valence-corrected chi connectivity index (χ3v) is 2.32. The summed E-state index contributed by atoms with van der Waals surface area (Å²) in [4.78, 5) is 23.6. The molecule has 0 bridgehead atoms. The van der Waals surface area contributed by atoms with Gasteiger partial charge in [-0.3, -0.25) is 9.59 Å². The fourth-order valence-corrected chi connectivity index (χ4v) is 1.50. The van der Waals surface area contributed by atoms with E-state index in [1.165, 1.54) is 4.90 Å². The van der Waals surface area contributed by atoms with Gasteiger partial charge in [0.25, 0.3) is 0 Å². The van der Waals surface area contributed by atoms with Crippen LogP contribution in [-0.2, 0) is 9.59 Å². The number of carboxylic acid groups (broad SMARTS) is 1. The molecule has 1 aromatic carbocycles. The summed E-state index contributed by atoms with van der Waals surface area (Å²) in [5, 5.41) is 8.56. The van der Waals surface area contributed by atoms with Gasteiger partial charge < -0.3 is 15.7 Å². The molecule has 5 heteroatoms. The summed E-state index contributed by atoms with van der Waals surface area (Å²) < 4.78 is 0. The van der Waals surface area contributed by atoms with Crippen molar-refractivity contribution < 1.29 is 14.7 Å². The van der Waals surface area contributed by atoms with Crippen molar-refractivity contribution >= 4 is 17.6 Å². The zero-order chi connectivity index (χ0) is 12.7. The molecule has 1 aromatic rings. The molecule has 0 aliphatic rings. The molecule has 92 valence electrons. The summed E-state index contributed by atoms with van der Waals surface area (Å²) in [7, 11) is 0. The summed E-state index contributed by atoms with van der Waals surface area (Å²) in [5.41, 5.74) is 6.08. The van der Waals surface area contributed by atoms with E-state index in [-0.39, 0.29) is 18.9 Å². The monoisotopic (exact) mass is 236 g/mol. The number of anilines is 1. The van der Waals surface area contributed by atoms with Gasteiger partial charge in [-0.2, -0.15) is 0 Å². The van der Waals surface area contributed by atoms with Gasteiger partial charge in [-0.05, 0) is 18.6 Å².